The monoisotopic (exact) mass is 224 g/mol. The molecule has 2 heterocycles. The highest BCUT2D eigenvalue weighted by Gasteiger charge is 2.10. The van der Waals surface area contributed by atoms with Gasteiger partial charge in [0.1, 0.15) is 10.4 Å². The van der Waals surface area contributed by atoms with Gasteiger partial charge in [-0.2, -0.15) is 0 Å². The molecule has 2 aromatic rings. The normalized spacial score (nSPS) is 12.3. The Morgan fingerprint density at radius 3 is 2.79 bits per heavy atom. The van der Waals surface area contributed by atoms with Crippen LogP contribution in [0.25, 0.3) is 10.2 Å². The third-order valence-electron chi connectivity index (χ3n) is 2.13. The van der Waals surface area contributed by atoms with E-state index in [-0.39, 0.29) is 0 Å². The molecule has 0 aliphatic heterocycles. The van der Waals surface area contributed by atoms with Gasteiger partial charge in [-0.1, -0.05) is 22.4 Å². The Morgan fingerprint density at radius 2 is 2.14 bits per heavy atom. The van der Waals surface area contributed by atoms with Gasteiger partial charge >= 0.3 is 0 Å². The molecule has 0 spiro atoms. The second-order valence-electron chi connectivity index (χ2n) is 3.48. The first-order valence-electron chi connectivity index (χ1n) is 4.65. The van der Waals surface area contributed by atoms with E-state index in [2.05, 4.69) is 41.9 Å². The quantitative estimate of drug-likeness (QED) is 0.733. The summed E-state index contributed by atoms with van der Waals surface area (Å²) in [5.74, 6) is 0.477. The van der Waals surface area contributed by atoms with Crippen molar-refractivity contribution < 1.29 is 0 Å². The van der Waals surface area contributed by atoms with Crippen LogP contribution in [0.4, 0.5) is 0 Å². The number of hydrogen-bond donors (Lipinski definition) is 0. The third-order valence-corrected chi connectivity index (χ3v) is 3.60. The molecule has 4 heteroatoms. The molecule has 1 unspecified atom stereocenters. The zero-order valence-electron chi connectivity index (χ0n) is 8.53. The molecule has 0 radical (unpaired) electrons. The van der Waals surface area contributed by atoms with E-state index in [4.69, 9.17) is 0 Å². The molecule has 14 heavy (non-hydrogen) atoms. The fourth-order valence-corrected chi connectivity index (χ4v) is 2.74. The smallest absolute Gasteiger partial charge is 0.149 e. The van der Waals surface area contributed by atoms with Crippen molar-refractivity contribution in [3.63, 3.8) is 0 Å². The van der Waals surface area contributed by atoms with Crippen molar-refractivity contribution in [2.45, 2.75) is 19.8 Å². The summed E-state index contributed by atoms with van der Waals surface area (Å²) in [6.45, 7) is 6.49. The number of aromatic nitrogens is 2. The predicted octanol–water partition coefficient (Wildman–Crippen LogP) is 2.75. The fourth-order valence-electron chi connectivity index (χ4n) is 1.43. The maximum absolute atomic E-state index is 4.60. The first-order chi connectivity index (χ1) is 6.72. The SMILES string of the molecule is CPc1nc(C(C)C)c2ccsc2n1. The molecule has 0 amide bonds. The van der Waals surface area contributed by atoms with Crippen LogP contribution < -0.4 is 5.57 Å². The molecule has 0 bridgehead atoms. The lowest BCUT2D eigenvalue weighted by Crippen LogP contribution is -2.10. The first kappa shape index (κ1) is 10.0. The van der Waals surface area contributed by atoms with Crippen LogP contribution in [0, 0.1) is 0 Å². The standard InChI is InChI=1S/C10H13N2PS/c1-6(2)8-7-4-5-14-9(7)12-10(11-8)13-3/h4-6,13H,1-3H3. The maximum Gasteiger partial charge on any atom is 0.149 e. The summed E-state index contributed by atoms with van der Waals surface area (Å²) in [4.78, 5) is 10.2. The van der Waals surface area contributed by atoms with Gasteiger partial charge in [-0.3, -0.25) is 0 Å². The highest BCUT2D eigenvalue weighted by atomic mass is 32.1. The summed E-state index contributed by atoms with van der Waals surface area (Å²) < 4.78 is 0. The average molecular weight is 224 g/mol. The van der Waals surface area contributed by atoms with Crippen molar-refractivity contribution in [3.8, 4) is 0 Å². The van der Waals surface area contributed by atoms with Crippen LogP contribution in [0.2, 0.25) is 0 Å². The number of thiophene rings is 1. The van der Waals surface area contributed by atoms with Crippen molar-refractivity contribution >= 4 is 35.7 Å². The van der Waals surface area contributed by atoms with E-state index in [1.165, 1.54) is 11.1 Å². The van der Waals surface area contributed by atoms with Gasteiger partial charge in [-0.15, -0.1) is 11.3 Å². The van der Waals surface area contributed by atoms with Crippen LogP contribution in [-0.2, 0) is 0 Å². The van der Waals surface area contributed by atoms with Crippen LogP contribution in [0.5, 0.6) is 0 Å². The lowest BCUT2D eigenvalue weighted by atomic mass is 10.1. The topological polar surface area (TPSA) is 25.8 Å². The molecule has 0 aromatic carbocycles. The van der Waals surface area contributed by atoms with Gasteiger partial charge in [0.15, 0.2) is 0 Å². The van der Waals surface area contributed by atoms with Gasteiger partial charge in [0, 0.05) is 5.39 Å². The first-order valence-corrected chi connectivity index (χ1v) is 7.03. The summed E-state index contributed by atoms with van der Waals surface area (Å²) >= 11 is 1.70. The molecule has 0 aliphatic rings. The van der Waals surface area contributed by atoms with Crippen LogP contribution in [0.3, 0.4) is 0 Å². The minimum atomic E-state index is 0.477. The van der Waals surface area contributed by atoms with Crippen molar-refractivity contribution in [3.05, 3.63) is 17.1 Å². The Hall–Kier alpha value is -0.530. The van der Waals surface area contributed by atoms with Gasteiger partial charge in [0.2, 0.25) is 0 Å². The van der Waals surface area contributed by atoms with Crippen molar-refractivity contribution in [1.82, 2.24) is 9.97 Å². The minimum Gasteiger partial charge on any atom is -0.233 e. The zero-order valence-corrected chi connectivity index (χ0v) is 10.4. The Morgan fingerprint density at radius 1 is 1.36 bits per heavy atom. The van der Waals surface area contributed by atoms with E-state index in [9.17, 15) is 0 Å². The number of nitrogens with zero attached hydrogens (tertiary/aromatic N) is 2. The highest BCUT2D eigenvalue weighted by molar-refractivity contribution is 7.45. The van der Waals surface area contributed by atoms with Gasteiger partial charge in [-0.25, -0.2) is 9.97 Å². The van der Waals surface area contributed by atoms with Crippen molar-refractivity contribution in [1.29, 1.82) is 0 Å². The Bertz CT molecular complexity index is 450. The second-order valence-corrected chi connectivity index (χ2v) is 5.32. The molecule has 2 nitrogen and oxygen atoms in total. The lowest BCUT2D eigenvalue weighted by molar-refractivity contribution is 0.836. The zero-order chi connectivity index (χ0) is 10.1. The van der Waals surface area contributed by atoms with E-state index in [1.807, 2.05) is 0 Å². The van der Waals surface area contributed by atoms with Gasteiger partial charge in [0.05, 0.1) is 5.69 Å². The number of fused-ring (bicyclic) bond motifs is 1. The Labute approximate surface area is 89.6 Å². The van der Waals surface area contributed by atoms with Crippen LogP contribution >= 0.6 is 19.9 Å². The van der Waals surface area contributed by atoms with Crippen molar-refractivity contribution in [2.24, 2.45) is 0 Å². The summed E-state index contributed by atoms with van der Waals surface area (Å²) in [5.41, 5.74) is 2.18. The maximum atomic E-state index is 4.60. The summed E-state index contributed by atoms with van der Waals surface area (Å²) in [5, 5.41) is 3.32. The molecule has 1 atom stereocenters. The van der Waals surface area contributed by atoms with E-state index < -0.39 is 0 Å². The molecule has 0 saturated heterocycles. The number of hydrogen-bond acceptors (Lipinski definition) is 3. The second kappa shape index (κ2) is 3.92. The Balaban J connectivity index is 2.70. The summed E-state index contributed by atoms with van der Waals surface area (Å²) in [6.07, 6.45) is 0. The molecule has 2 aromatic heterocycles. The summed E-state index contributed by atoms with van der Waals surface area (Å²) in [7, 11) is 0.679. The van der Waals surface area contributed by atoms with E-state index in [0.717, 1.165) is 10.4 Å². The van der Waals surface area contributed by atoms with Crippen LogP contribution in [-0.4, -0.2) is 16.6 Å². The highest BCUT2D eigenvalue weighted by Crippen LogP contribution is 2.25. The largest absolute Gasteiger partial charge is 0.233 e. The lowest BCUT2D eigenvalue weighted by Gasteiger charge is -2.07. The Kier molecular flexibility index (Phi) is 2.80. The molecule has 0 aliphatic carbocycles. The molecule has 74 valence electrons. The average Bonchev–Trinajstić information content (AvgIpc) is 2.63. The van der Waals surface area contributed by atoms with E-state index >= 15 is 0 Å². The predicted molar refractivity (Wildman–Crippen MR) is 65.4 cm³/mol. The molecular weight excluding hydrogens is 211 g/mol. The van der Waals surface area contributed by atoms with E-state index in [1.54, 1.807) is 11.3 Å². The van der Waals surface area contributed by atoms with Gasteiger partial charge in [0.25, 0.3) is 0 Å². The van der Waals surface area contributed by atoms with Crippen molar-refractivity contribution in [2.75, 3.05) is 6.66 Å². The van der Waals surface area contributed by atoms with Crippen LogP contribution in [0.1, 0.15) is 25.5 Å². The fraction of sp³-hybridized carbons (Fsp3) is 0.400. The molecule has 2 rings (SSSR count). The van der Waals surface area contributed by atoms with Gasteiger partial charge in [-0.05, 0) is 24.0 Å². The third kappa shape index (κ3) is 1.67. The van der Waals surface area contributed by atoms with Crippen LogP contribution in [0.15, 0.2) is 11.4 Å². The summed E-state index contributed by atoms with van der Waals surface area (Å²) in [6, 6.07) is 2.12. The molecule has 0 N–H and O–H groups in total. The number of rotatable bonds is 2. The van der Waals surface area contributed by atoms with E-state index in [0.29, 0.717) is 14.5 Å². The van der Waals surface area contributed by atoms with Gasteiger partial charge < -0.3 is 0 Å². The molecule has 0 saturated carbocycles. The molecular formula is C10H13N2PS. The molecule has 0 fully saturated rings. The minimum absolute atomic E-state index is 0.477.